The van der Waals surface area contributed by atoms with Crippen molar-refractivity contribution >= 4 is 11.9 Å². The maximum atomic E-state index is 11.7. The average molecular weight is 259 g/mol. The van der Waals surface area contributed by atoms with Gasteiger partial charge in [0.15, 0.2) is 0 Å². The highest BCUT2D eigenvalue weighted by Crippen LogP contribution is 2.10. The van der Waals surface area contributed by atoms with E-state index in [9.17, 15) is 14.7 Å². The lowest BCUT2D eigenvalue weighted by atomic mass is 10.1. The van der Waals surface area contributed by atoms with Crippen LogP contribution in [0.5, 0.6) is 0 Å². The van der Waals surface area contributed by atoms with Crippen LogP contribution in [0.25, 0.3) is 0 Å². The maximum Gasteiger partial charge on any atom is 0.306 e. The first-order valence-electron chi connectivity index (χ1n) is 6.09. The number of amides is 1. The van der Waals surface area contributed by atoms with E-state index in [1.807, 2.05) is 0 Å². The highest BCUT2D eigenvalue weighted by molar-refractivity contribution is 5.81. The molecule has 0 unspecified atom stereocenters. The largest absolute Gasteiger partial charge is 0.460 e. The number of esters is 1. The first-order chi connectivity index (χ1) is 7.91. The molecule has 1 N–H and O–H groups in total. The third-order valence-electron chi connectivity index (χ3n) is 2.01. The topological polar surface area (TPSA) is 66.8 Å². The second-order valence-electron chi connectivity index (χ2n) is 6.15. The molecule has 0 saturated heterocycles. The van der Waals surface area contributed by atoms with Crippen LogP contribution in [-0.4, -0.2) is 46.7 Å². The molecule has 5 nitrogen and oxygen atoms in total. The van der Waals surface area contributed by atoms with Crippen LogP contribution >= 0.6 is 0 Å². The van der Waals surface area contributed by atoms with Crippen LogP contribution < -0.4 is 0 Å². The molecule has 0 spiro atoms. The monoisotopic (exact) mass is 259 g/mol. The molecular formula is C13H25NO4. The molecular weight excluding hydrogens is 234 g/mol. The van der Waals surface area contributed by atoms with Gasteiger partial charge in [0.2, 0.25) is 5.91 Å². The summed E-state index contributed by atoms with van der Waals surface area (Å²) in [5, 5.41) is 9.58. The van der Waals surface area contributed by atoms with Gasteiger partial charge in [-0.3, -0.25) is 9.59 Å². The van der Waals surface area contributed by atoms with Crippen molar-refractivity contribution < 1.29 is 19.4 Å². The fourth-order valence-electron chi connectivity index (χ4n) is 1.46. The summed E-state index contributed by atoms with van der Waals surface area (Å²) in [5.41, 5.74) is -1.46. The second-order valence-corrected chi connectivity index (χ2v) is 6.15. The molecule has 0 bridgehead atoms. The van der Waals surface area contributed by atoms with E-state index in [4.69, 9.17) is 4.74 Å². The van der Waals surface area contributed by atoms with E-state index >= 15 is 0 Å². The zero-order valence-corrected chi connectivity index (χ0v) is 12.2. The van der Waals surface area contributed by atoms with Crippen molar-refractivity contribution in [2.75, 3.05) is 13.6 Å². The summed E-state index contributed by atoms with van der Waals surface area (Å²) in [6, 6.07) is 0. The lowest BCUT2D eigenvalue weighted by Gasteiger charge is -2.25. The minimum Gasteiger partial charge on any atom is -0.460 e. The number of carbonyl (C=O) groups excluding carboxylic acids is 2. The Balaban J connectivity index is 4.07. The van der Waals surface area contributed by atoms with Crippen LogP contribution in [0.2, 0.25) is 0 Å². The lowest BCUT2D eigenvalue weighted by Crippen LogP contribution is -2.39. The van der Waals surface area contributed by atoms with Gasteiger partial charge in [-0.25, -0.2) is 0 Å². The number of aliphatic hydroxyl groups is 1. The summed E-state index contributed by atoms with van der Waals surface area (Å²) in [7, 11) is 1.61. The van der Waals surface area contributed by atoms with Crippen molar-refractivity contribution in [3.63, 3.8) is 0 Å². The first kappa shape index (κ1) is 16.9. The number of nitrogens with zero attached hydrogens (tertiary/aromatic N) is 1. The fraction of sp³-hybridized carbons (Fsp3) is 0.846. The molecule has 0 aromatic heterocycles. The van der Waals surface area contributed by atoms with Crippen LogP contribution in [0.4, 0.5) is 0 Å². The van der Waals surface area contributed by atoms with Crippen LogP contribution in [0.15, 0.2) is 0 Å². The van der Waals surface area contributed by atoms with E-state index in [2.05, 4.69) is 0 Å². The fourth-order valence-corrected chi connectivity index (χ4v) is 1.46. The summed E-state index contributed by atoms with van der Waals surface area (Å²) in [5.74, 6) is -0.560. The smallest absolute Gasteiger partial charge is 0.306 e. The van der Waals surface area contributed by atoms with Gasteiger partial charge in [-0.05, 0) is 34.6 Å². The molecule has 5 heteroatoms. The van der Waals surface area contributed by atoms with Gasteiger partial charge in [-0.2, -0.15) is 0 Å². The molecule has 0 radical (unpaired) electrons. The van der Waals surface area contributed by atoms with Gasteiger partial charge >= 0.3 is 5.97 Å². The van der Waals surface area contributed by atoms with E-state index in [1.165, 1.54) is 4.90 Å². The summed E-state index contributed by atoms with van der Waals surface area (Å²) < 4.78 is 5.11. The van der Waals surface area contributed by atoms with Crippen LogP contribution in [-0.2, 0) is 14.3 Å². The Bertz CT molecular complexity index is 299. The number of hydrogen-bond acceptors (Lipinski definition) is 4. The number of rotatable bonds is 5. The SMILES string of the molecule is CN(CC(C)(C)O)C(=O)CCC(=O)OC(C)(C)C. The average Bonchev–Trinajstić information content (AvgIpc) is 2.08. The normalized spacial score (nSPS) is 12.2. The van der Waals surface area contributed by atoms with E-state index in [0.717, 1.165) is 0 Å². The molecule has 18 heavy (non-hydrogen) atoms. The van der Waals surface area contributed by atoms with Crippen LogP contribution in [0.1, 0.15) is 47.5 Å². The summed E-state index contributed by atoms with van der Waals surface area (Å²) in [6.45, 7) is 8.85. The molecule has 0 atom stereocenters. The zero-order valence-electron chi connectivity index (χ0n) is 12.2. The molecule has 0 saturated carbocycles. The van der Waals surface area contributed by atoms with E-state index in [0.29, 0.717) is 0 Å². The zero-order chi connectivity index (χ0) is 14.6. The molecule has 0 aromatic rings. The van der Waals surface area contributed by atoms with Gasteiger partial charge in [-0.1, -0.05) is 0 Å². The van der Waals surface area contributed by atoms with Crippen molar-refractivity contribution in [3.8, 4) is 0 Å². The van der Waals surface area contributed by atoms with Gasteiger partial charge < -0.3 is 14.7 Å². The Hall–Kier alpha value is -1.10. The molecule has 0 aliphatic rings. The van der Waals surface area contributed by atoms with Crippen LogP contribution in [0.3, 0.4) is 0 Å². The summed E-state index contributed by atoms with van der Waals surface area (Å²) in [4.78, 5) is 24.5. The lowest BCUT2D eigenvalue weighted by molar-refractivity contribution is -0.156. The van der Waals surface area contributed by atoms with Crippen LogP contribution in [0, 0.1) is 0 Å². The highest BCUT2D eigenvalue weighted by Gasteiger charge is 2.21. The van der Waals surface area contributed by atoms with Crippen molar-refractivity contribution in [2.45, 2.75) is 58.7 Å². The Morgan fingerprint density at radius 1 is 1.11 bits per heavy atom. The van der Waals surface area contributed by atoms with Gasteiger partial charge in [-0.15, -0.1) is 0 Å². The maximum absolute atomic E-state index is 11.7. The Labute approximate surface area is 109 Å². The second kappa shape index (κ2) is 6.18. The Morgan fingerprint density at radius 2 is 1.61 bits per heavy atom. The number of likely N-dealkylation sites (N-methyl/N-ethyl adjacent to an activating group) is 1. The van der Waals surface area contributed by atoms with Gasteiger partial charge in [0.1, 0.15) is 5.60 Å². The minimum atomic E-state index is -0.934. The molecule has 0 heterocycles. The first-order valence-corrected chi connectivity index (χ1v) is 6.09. The summed E-state index contributed by atoms with van der Waals surface area (Å²) >= 11 is 0. The van der Waals surface area contributed by atoms with Crippen molar-refractivity contribution in [2.24, 2.45) is 0 Å². The van der Waals surface area contributed by atoms with Crippen molar-refractivity contribution in [1.82, 2.24) is 4.90 Å². The third-order valence-corrected chi connectivity index (χ3v) is 2.01. The molecule has 106 valence electrons. The van der Waals surface area contributed by atoms with Gasteiger partial charge in [0.05, 0.1) is 12.0 Å². The van der Waals surface area contributed by atoms with E-state index in [1.54, 1.807) is 41.7 Å². The highest BCUT2D eigenvalue weighted by atomic mass is 16.6. The minimum absolute atomic E-state index is 0.0618. The molecule has 0 fully saturated rings. The van der Waals surface area contributed by atoms with E-state index in [-0.39, 0.29) is 31.3 Å². The van der Waals surface area contributed by atoms with E-state index < -0.39 is 11.2 Å². The quantitative estimate of drug-likeness (QED) is 0.757. The van der Waals surface area contributed by atoms with Crippen molar-refractivity contribution in [1.29, 1.82) is 0 Å². The molecule has 1 amide bonds. The number of ether oxygens (including phenoxy) is 1. The predicted octanol–water partition coefficient (Wildman–Crippen LogP) is 1.34. The predicted molar refractivity (Wildman–Crippen MR) is 69.0 cm³/mol. The van der Waals surface area contributed by atoms with Gasteiger partial charge in [0, 0.05) is 20.0 Å². The molecule has 0 aromatic carbocycles. The third kappa shape index (κ3) is 8.98. The number of hydrogen-bond donors (Lipinski definition) is 1. The molecule has 0 rings (SSSR count). The Morgan fingerprint density at radius 3 is 2.00 bits per heavy atom. The standard InChI is InChI=1S/C13H25NO4/c1-12(2,3)18-11(16)8-7-10(15)14(6)9-13(4,5)17/h17H,7-9H2,1-6H3. The summed E-state index contributed by atoms with van der Waals surface area (Å²) in [6.07, 6.45) is 0.161. The Kier molecular flexibility index (Phi) is 5.80. The van der Waals surface area contributed by atoms with Crippen molar-refractivity contribution in [3.05, 3.63) is 0 Å². The molecule has 0 aliphatic heterocycles. The number of carbonyl (C=O) groups is 2. The molecule has 0 aliphatic carbocycles. The van der Waals surface area contributed by atoms with Gasteiger partial charge in [0.25, 0.3) is 0 Å².